The molecule has 0 atom stereocenters. The number of likely N-dealkylation sites (N-methyl/N-ethyl adjacent to an activating group) is 1. The number of carbonyl (C=O) groups excluding carboxylic acids is 2. The molecule has 0 aliphatic heterocycles. The van der Waals surface area contributed by atoms with Crippen molar-refractivity contribution in [3.63, 3.8) is 0 Å². The maximum absolute atomic E-state index is 12.7. The molecule has 2 aromatic heterocycles. The van der Waals surface area contributed by atoms with Crippen LogP contribution in [0.5, 0.6) is 11.5 Å². The zero-order chi connectivity index (χ0) is 33.1. The van der Waals surface area contributed by atoms with Crippen molar-refractivity contribution in [2.45, 2.75) is 71.4 Å². The fourth-order valence-corrected chi connectivity index (χ4v) is 5.34. The van der Waals surface area contributed by atoms with E-state index in [1.807, 2.05) is 74.9 Å². The lowest BCUT2D eigenvalue weighted by Crippen LogP contribution is -2.35. The molecule has 11 heteroatoms. The number of pyridine rings is 1. The van der Waals surface area contributed by atoms with Crippen LogP contribution in [-0.2, 0) is 30.2 Å². The van der Waals surface area contributed by atoms with Gasteiger partial charge in [-0.1, -0.05) is 25.7 Å². The lowest BCUT2D eigenvalue weighted by atomic mass is 10.00. The van der Waals surface area contributed by atoms with E-state index >= 15 is 0 Å². The van der Waals surface area contributed by atoms with Gasteiger partial charge in [-0.05, 0) is 64.4 Å². The second-order valence-corrected chi connectivity index (χ2v) is 12.6. The van der Waals surface area contributed by atoms with Gasteiger partial charge < -0.3 is 34.0 Å². The zero-order valence-corrected chi connectivity index (χ0v) is 28.2. The number of nitrogens with zero attached hydrogens (tertiary/aromatic N) is 3. The van der Waals surface area contributed by atoms with E-state index in [0.717, 1.165) is 60.6 Å². The molecule has 0 saturated carbocycles. The normalized spacial score (nSPS) is 11.6. The first-order valence-electron chi connectivity index (χ1n) is 15.7. The van der Waals surface area contributed by atoms with Crippen molar-refractivity contribution in [3.8, 4) is 22.6 Å². The lowest BCUT2D eigenvalue weighted by molar-refractivity contribution is -0.122. The van der Waals surface area contributed by atoms with Gasteiger partial charge in [0, 0.05) is 57.1 Å². The minimum absolute atomic E-state index is 0.0306. The van der Waals surface area contributed by atoms with Crippen LogP contribution in [0.4, 0.5) is 4.79 Å². The molecule has 3 aromatic rings. The van der Waals surface area contributed by atoms with Crippen LogP contribution in [0.3, 0.4) is 0 Å². The Labute approximate surface area is 266 Å². The molecule has 2 N–H and O–H groups in total. The molecule has 2 heterocycles. The highest BCUT2D eigenvalue weighted by molar-refractivity contribution is 5.95. The van der Waals surface area contributed by atoms with Crippen LogP contribution in [0.25, 0.3) is 22.0 Å². The molecule has 11 nitrogen and oxygen atoms in total. The van der Waals surface area contributed by atoms with Gasteiger partial charge in [-0.2, -0.15) is 0 Å². The minimum atomic E-state index is -0.480. The molecule has 248 valence electrons. The molecular formula is C34H51N5O6. The van der Waals surface area contributed by atoms with Crippen molar-refractivity contribution < 1.29 is 23.8 Å². The molecule has 0 aliphatic rings. The third kappa shape index (κ3) is 10.3. The summed E-state index contributed by atoms with van der Waals surface area (Å²) in [5.41, 5.74) is 2.71. The highest BCUT2D eigenvalue weighted by atomic mass is 16.6. The number of hydrogen-bond donors (Lipinski definition) is 2. The number of hydrogen-bond acceptors (Lipinski definition) is 7. The van der Waals surface area contributed by atoms with E-state index in [0.29, 0.717) is 36.6 Å². The molecule has 3 rings (SSSR count). The van der Waals surface area contributed by atoms with Crippen LogP contribution < -0.4 is 25.7 Å². The average molecular weight is 626 g/mol. The quantitative estimate of drug-likeness (QED) is 0.216. The molecule has 2 amide bonds. The highest BCUT2D eigenvalue weighted by Crippen LogP contribution is 2.37. The third-order valence-electron chi connectivity index (χ3n) is 7.56. The summed E-state index contributed by atoms with van der Waals surface area (Å²) in [6.07, 6.45) is 9.47. The van der Waals surface area contributed by atoms with Gasteiger partial charge in [0.1, 0.15) is 22.6 Å². The lowest BCUT2D eigenvalue weighted by Gasteiger charge is -2.21. The smallest absolute Gasteiger partial charge is 0.407 e. The Bertz CT molecular complexity index is 1480. The Balaban J connectivity index is 1.46. The summed E-state index contributed by atoms with van der Waals surface area (Å²) in [6, 6.07) is 5.85. The van der Waals surface area contributed by atoms with E-state index in [2.05, 4.69) is 10.6 Å². The molecular weight excluding hydrogens is 574 g/mol. The van der Waals surface area contributed by atoms with Gasteiger partial charge in [0.25, 0.3) is 5.56 Å². The maximum atomic E-state index is 12.7. The van der Waals surface area contributed by atoms with Crippen LogP contribution in [-0.4, -0.2) is 72.5 Å². The Morgan fingerprint density at radius 3 is 2.04 bits per heavy atom. The predicted molar refractivity (Wildman–Crippen MR) is 178 cm³/mol. The van der Waals surface area contributed by atoms with Crippen molar-refractivity contribution >= 4 is 22.9 Å². The third-order valence-corrected chi connectivity index (χ3v) is 7.56. The van der Waals surface area contributed by atoms with E-state index in [4.69, 9.17) is 14.2 Å². The number of fused-ring (bicyclic) bond motifs is 1. The summed E-state index contributed by atoms with van der Waals surface area (Å²) in [5.74, 6) is 1.27. The van der Waals surface area contributed by atoms with Gasteiger partial charge in [-0.25, -0.2) is 4.79 Å². The Hall–Kier alpha value is -3.99. The first-order valence-corrected chi connectivity index (χ1v) is 15.7. The summed E-state index contributed by atoms with van der Waals surface area (Å²) in [4.78, 5) is 39.0. The highest BCUT2D eigenvalue weighted by Gasteiger charge is 2.19. The van der Waals surface area contributed by atoms with Crippen LogP contribution in [0.15, 0.2) is 35.4 Å². The number of ether oxygens (including phenoxy) is 3. The number of methoxy groups -OCH3 is 2. The molecule has 0 radical (unpaired) electrons. The number of carbonyl (C=O) groups is 2. The van der Waals surface area contributed by atoms with Crippen LogP contribution >= 0.6 is 0 Å². The molecule has 45 heavy (non-hydrogen) atoms. The Morgan fingerprint density at radius 2 is 1.47 bits per heavy atom. The second-order valence-electron chi connectivity index (χ2n) is 12.6. The van der Waals surface area contributed by atoms with Crippen molar-refractivity contribution in [3.05, 3.63) is 46.5 Å². The van der Waals surface area contributed by atoms with Gasteiger partial charge in [0.2, 0.25) is 5.91 Å². The maximum Gasteiger partial charge on any atom is 0.407 e. The van der Waals surface area contributed by atoms with Gasteiger partial charge in [0.15, 0.2) is 0 Å². The number of unbranched alkanes of at least 4 members (excludes halogenated alkanes) is 5. The molecule has 0 bridgehead atoms. The van der Waals surface area contributed by atoms with Crippen LogP contribution in [0, 0.1) is 0 Å². The summed E-state index contributed by atoms with van der Waals surface area (Å²) in [5, 5.41) is 6.67. The van der Waals surface area contributed by atoms with Crippen LogP contribution in [0.1, 0.15) is 64.9 Å². The fraction of sp³-hybridized carbons (Fsp3) is 0.559. The summed E-state index contributed by atoms with van der Waals surface area (Å²) in [6.45, 7) is 7.50. The van der Waals surface area contributed by atoms with Crippen molar-refractivity contribution in [2.75, 3.05) is 40.9 Å². The molecule has 0 fully saturated rings. The summed E-state index contributed by atoms with van der Waals surface area (Å²) in [7, 11) is 8.74. The van der Waals surface area contributed by atoms with E-state index < -0.39 is 5.60 Å². The minimum Gasteiger partial charge on any atom is -0.496 e. The molecule has 0 aliphatic carbocycles. The first-order chi connectivity index (χ1) is 21.3. The Kier molecular flexibility index (Phi) is 12.9. The standard InChI is InChI=1S/C34H51N5O6/c1-34(2,3)45-33(42)36-17-14-12-10-9-11-13-16-35-30(40)23-37(4)21-27-28(43-7)19-24(20-29(27)44-8)26-22-39(6)32(41)31-25(26)15-18-38(31)5/h15,18-20,22H,9-14,16-17,21,23H2,1-8H3,(H,35,40)(H,36,42). The van der Waals surface area contributed by atoms with Crippen molar-refractivity contribution in [2.24, 2.45) is 14.1 Å². The zero-order valence-electron chi connectivity index (χ0n) is 28.2. The van der Waals surface area contributed by atoms with E-state index in [-0.39, 0.29) is 24.1 Å². The topological polar surface area (TPSA) is 116 Å². The van der Waals surface area contributed by atoms with Crippen molar-refractivity contribution in [1.29, 1.82) is 0 Å². The summed E-state index contributed by atoms with van der Waals surface area (Å²) >= 11 is 0. The Morgan fingerprint density at radius 1 is 0.889 bits per heavy atom. The van der Waals surface area contributed by atoms with E-state index in [1.54, 1.807) is 25.8 Å². The number of aryl methyl sites for hydroxylation is 2. The SMILES string of the molecule is COc1cc(-c2cn(C)c(=O)c3c2ccn3C)cc(OC)c1CN(C)CC(=O)NCCCCCCCCNC(=O)OC(C)(C)C. The number of rotatable bonds is 16. The number of aromatic nitrogens is 2. The van der Waals surface area contributed by atoms with E-state index in [9.17, 15) is 14.4 Å². The molecule has 1 aromatic carbocycles. The van der Waals surface area contributed by atoms with Gasteiger partial charge in [0.05, 0.1) is 26.3 Å². The molecule has 0 saturated heterocycles. The molecule has 0 unspecified atom stereocenters. The largest absolute Gasteiger partial charge is 0.496 e. The number of nitrogens with one attached hydrogen (secondary N) is 2. The fourth-order valence-electron chi connectivity index (χ4n) is 5.34. The molecule has 0 spiro atoms. The first kappa shape index (κ1) is 35.5. The van der Waals surface area contributed by atoms with Crippen molar-refractivity contribution in [1.82, 2.24) is 24.7 Å². The van der Waals surface area contributed by atoms with E-state index in [1.165, 1.54) is 0 Å². The average Bonchev–Trinajstić information content (AvgIpc) is 3.36. The number of benzene rings is 1. The summed E-state index contributed by atoms with van der Waals surface area (Å²) < 4.78 is 20.2. The second kappa shape index (κ2) is 16.4. The van der Waals surface area contributed by atoms with Gasteiger partial charge in [-0.15, -0.1) is 0 Å². The number of alkyl carbamates (subject to hydrolysis) is 1. The van der Waals surface area contributed by atoms with Gasteiger partial charge >= 0.3 is 6.09 Å². The van der Waals surface area contributed by atoms with Crippen LogP contribution in [0.2, 0.25) is 0 Å². The monoisotopic (exact) mass is 625 g/mol. The predicted octanol–water partition coefficient (Wildman–Crippen LogP) is 4.97. The number of amides is 2. The van der Waals surface area contributed by atoms with Gasteiger partial charge in [-0.3, -0.25) is 14.5 Å².